The van der Waals surface area contributed by atoms with Crippen LogP contribution in [0.1, 0.15) is 44.4 Å². The number of hydrogen-bond donors (Lipinski definition) is 2. The third-order valence-corrected chi connectivity index (χ3v) is 3.19. The summed E-state index contributed by atoms with van der Waals surface area (Å²) >= 11 is 0. The molecule has 0 radical (unpaired) electrons. The minimum Gasteiger partial charge on any atom is -0.355 e. The van der Waals surface area contributed by atoms with Crippen molar-refractivity contribution in [2.24, 2.45) is 5.92 Å². The Kier molecular flexibility index (Phi) is 6.57. The smallest absolute Gasteiger partial charge is 0.233 e. The Morgan fingerprint density at radius 1 is 1.16 bits per heavy atom. The van der Waals surface area contributed by atoms with Crippen molar-refractivity contribution in [3.05, 3.63) is 35.4 Å². The quantitative estimate of drug-likeness (QED) is 0.793. The van der Waals surface area contributed by atoms with Gasteiger partial charge < -0.3 is 10.6 Å². The molecule has 0 aliphatic heterocycles. The fraction of sp³-hybridized carbons (Fsp3) is 0.562. The minimum absolute atomic E-state index is 0.0691. The van der Waals surface area contributed by atoms with Gasteiger partial charge in [0.2, 0.25) is 5.91 Å². The topological polar surface area (TPSA) is 41.1 Å². The summed E-state index contributed by atoms with van der Waals surface area (Å²) in [6, 6.07) is 8.58. The number of aryl methyl sites for hydroxylation is 1. The molecule has 1 aromatic rings. The van der Waals surface area contributed by atoms with Crippen LogP contribution in [0.4, 0.5) is 0 Å². The monoisotopic (exact) mass is 262 g/mol. The molecule has 0 aliphatic carbocycles. The number of carbonyl (C=O) groups excluding carboxylic acids is 1. The molecule has 1 rings (SSSR count). The van der Waals surface area contributed by atoms with Gasteiger partial charge in [-0.05, 0) is 31.7 Å². The van der Waals surface area contributed by atoms with E-state index < -0.39 is 0 Å². The summed E-state index contributed by atoms with van der Waals surface area (Å²) in [5.74, 6) is 0.694. The van der Waals surface area contributed by atoms with Crippen LogP contribution in [0, 0.1) is 12.8 Å². The first-order chi connectivity index (χ1) is 8.99. The molecule has 0 saturated heterocycles. The highest BCUT2D eigenvalue weighted by Crippen LogP contribution is 2.12. The highest BCUT2D eigenvalue weighted by molar-refractivity contribution is 5.77. The van der Waals surface area contributed by atoms with Crippen LogP contribution in [0.15, 0.2) is 24.3 Å². The first-order valence-corrected chi connectivity index (χ1v) is 7.05. The average molecular weight is 262 g/mol. The molecule has 1 unspecified atom stereocenters. The molecular formula is C16H26N2O. The van der Waals surface area contributed by atoms with Crippen molar-refractivity contribution in [3.8, 4) is 0 Å². The fourth-order valence-electron chi connectivity index (χ4n) is 1.78. The molecule has 0 saturated carbocycles. The third kappa shape index (κ3) is 6.39. The number of nitrogens with one attached hydrogen (secondary N) is 2. The second kappa shape index (κ2) is 7.95. The van der Waals surface area contributed by atoms with E-state index in [4.69, 9.17) is 0 Å². The SMILES string of the molecule is Cc1ccc(C(C)NCC(=O)NCCC(C)C)cc1. The van der Waals surface area contributed by atoms with E-state index in [9.17, 15) is 4.79 Å². The van der Waals surface area contributed by atoms with Gasteiger partial charge in [-0.2, -0.15) is 0 Å². The molecule has 0 aromatic heterocycles. The lowest BCUT2D eigenvalue weighted by atomic mass is 10.1. The molecule has 0 fully saturated rings. The minimum atomic E-state index is 0.0691. The summed E-state index contributed by atoms with van der Waals surface area (Å²) in [7, 11) is 0. The molecule has 0 heterocycles. The van der Waals surface area contributed by atoms with Crippen molar-refractivity contribution < 1.29 is 4.79 Å². The summed E-state index contributed by atoms with van der Waals surface area (Å²) in [6.45, 7) is 9.59. The van der Waals surface area contributed by atoms with Gasteiger partial charge in [-0.3, -0.25) is 4.79 Å². The van der Waals surface area contributed by atoms with Crippen LogP contribution in [0.25, 0.3) is 0 Å². The Balaban J connectivity index is 2.27. The predicted molar refractivity (Wildman–Crippen MR) is 80.1 cm³/mol. The van der Waals surface area contributed by atoms with Gasteiger partial charge in [-0.15, -0.1) is 0 Å². The summed E-state index contributed by atoms with van der Waals surface area (Å²) in [5.41, 5.74) is 2.46. The van der Waals surface area contributed by atoms with E-state index in [0.29, 0.717) is 12.5 Å². The highest BCUT2D eigenvalue weighted by atomic mass is 16.1. The Labute approximate surface area is 116 Å². The Bertz CT molecular complexity index is 384. The van der Waals surface area contributed by atoms with Crippen molar-refractivity contribution >= 4 is 5.91 Å². The second-order valence-electron chi connectivity index (χ2n) is 5.55. The van der Waals surface area contributed by atoms with E-state index in [-0.39, 0.29) is 11.9 Å². The average Bonchev–Trinajstić information content (AvgIpc) is 2.36. The van der Waals surface area contributed by atoms with Gasteiger partial charge in [0, 0.05) is 12.6 Å². The van der Waals surface area contributed by atoms with Crippen LogP contribution in [-0.4, -0.2) is 19.0 Å². The van der Waals surface area contributed by atoms with Gasteiger partial charge in [0.05, 0.1) is 6.54 Å². The molecule has 0 aliphatic rings. The molecule has 19 heavy (non-hydrogen) atoms. The second-order valence-corrected chi connectivity index (χ2v) is 5.55. The zero-order valence-corrected chi connectivity index (χ0v) is 12.5. The van der Waals surface area contributed by atoms with Gasteiger partial charge in [0.25, 0.3) is 0 Å². The molecule has 106 valence electrons. The zero-order chi connectivity index (χ0) is 14.3. The van der Waals surface area contributed by atoms with Gasteiger partial charge in [-0.1, -0.05) is 43.7 Å². The van der Waals surface area contributed by atoms with Crippen LogP contribution in [0.5, 0.6) is 0 Å². The molecule has 0 bridgehead atoms. The number of carbonyl (C=O) groups is 1. The lowest BCUT2D eigenvalue weighted by molar-refractivity contribution is -0.120. The van der Waals surface area contributed by atoms with E-state index in [1.165, 1.54) is 11.1 Å². The van der Waals surface area contributed by atoms with Gasteiger partial charge >= 0.3 is 0 Å². The molecule has 0 spiro atoms. The third-order valence-electron chi connectivity index (χ3n) is 3.19. The summed E-state index contributed by atoms with van der Waals surface area (Å²) < 4.78 is 0. The zero-order valence-electron chi connectivity index (χ0n) is 12.5. The maximum atomic E-state index is 11.6. The van der Waals surface area contributed by atoms with Gasteiger partial charge in [0.15, 0.2) is 0 Å². The van der Waals surface area contributed by atoms with E-state index in [1.807, 2.05) is 0 Å². The molecular weight excluding hydrogens is 236 g/mol. The molecule has 1 amide bonds. The molecule has 2 N–H and O–H groups in total. The van der Waals surface area contributed by atoms with E-state index in [2.05, 4.69) is 62.6 Å². The first kappa shape index (κ1) is 15.7. The Hall–Kier alpha value is -1.35. The maximum absolute atomic E-state index is 11.6. The normalized spacial score (nSPS) is 12.5. The standard InChI is InChI=1S/C16H26N2O/c1-12(2)9-10-17-16(19)11-18-14(4)15-7-5-13(3)6-8-15/h5-8,12,14,18H,9-11H2,1-4H3,(H,17,19). The molecule has 1 aromatic carbocycles. The largest absolute Gasteiger partial charge is 0.355 e. The lowest BCUT2D eigenvalue weighted by Gasteiger charge is -2.14. The van der Waals surface area contributed by atoms with Crippen molar-refractivity contribution in [2.75, 3.05) is 13.1 Å². The number of hydrogen-bond acceptors (Lipinski definition) is 2. The van der Waals surface area contributed by atoms with Crippen molar-refractivity contribution in [2.45, 2.75) is 40.2 Å². The van der Waals surface area contributed by atoms with E-state index in [0.717, 1.165) is 13.0 Å². The van der Waals surface area contributed by atoms with E-state index >= 15 is 0 Å². The maximum Gasteiger partial charge on any atom is 0.233 e. The van der Waals surface area contributed by atoms with Crippen LogP contribution >= 0.6 is 0 Å². The van der Waals surface area contributed by atoms with Crippen LogP contribution < -0.4 is 10.6 Å². The van der Waals surface area contributed by atoms with Crippen molar-refractivity contribution in [3.63, 3.8) is 0 Å². The van der Waals surface area contributed by atoms with Gasteiger partial charge in [0.1, 0.15) is 0 Å². The highest BCUT2D eigenvalue weighted by Gasteiger charge is 2.07. The van der Waals surface area contributed by atoms with Crippen molar-refractivity contribution in [1.29, 1.82) is 0 Å². The fourth-order valence-corrected chi connectivity index (χ4v) is 1.78. The molecule has 1 atom stereocenters. The van der Waals surface area contributed by atoms with Gasteiger partial charge in [-0.25, -0.2) is 0 Å². The number of benzene rings is 1. The predicted octanol–water partition coefficient (Wildman–Crippen LogP) is 2.81. The number of amides is 1. The van der Waals surface area contributed by atoms with Crippen LogP contribution in [-0.2, 0) is 4.79 Å². The summed E-state index contributed by atoms with van der Waals surface area (Å²) in [6.07, 6.45) is 1.03. The molecule has 3 heteroatoms. The summed E-state index contributed by atoms with van der Waals surface area (Å²) in [5, 5.41) is 6.17. The first-order valence-electron chi connectivity index (χ1n) is 7.05. The molecule has 3 nitrogen and oxygen atoms in total. The van der Waals surface area contributed by atoms with Crippen LogP contribution in [0.2, 0.25) is 0 Å². The lowest BCUT2D eigenvalue weighted by Crippen LogP contribution is -2.35. The Morgan fingerprint density at radius 2 is 1.79 bits per heavy atom. The summed E-state index contributed by atoms with van der Waals surface area (Å²) in [4.78, 5) is 11.6. The van der Waals surface area contributed by atoms with Crippen LogP contribution in [0.3, 0.4) is 0 Å². The number of rotatable bonds is 7. The Morgan fingerprint density at radius 3 is 2.37 bits per heavy atom. The van der Waals surface area contributed by atoms with Crippen molar-refractivity contribution in [1.82, 2.24) is 10.6 Å². The van der Waals surface area contributed by atoms with E-state index in [1.54, 1.807) is 0 Å².